The lowest BCUT2D eigenvalue weighted by molar-refractivity contribution is 0.295. The van der Waals surface area contributed by atoms with Crippen LogP contribution in [0.2, 0.25) is 0 Å². The molecule has 0 aromatic carbocycles. The number of likely N-dealkylation sites (tertiary alicyclic amines) is 1. The molecule has 0 radical (unpaired) electrons. The molecule has 16 heavy (non-hydrogen) atoms. The van der Waals surface area contributed by atoms with Gasteiger partial charge in [0.25, 0.3) is 0 Å². The molecule has 1 aliphatic carbocycles. The fraction of sp³-hybridized carbons (Fsp3) is 0.692. The van der Waals surface area contributed by atoms with Gasteiger partial charge in [-0.1, -0.05) is 0 Å². The van der Waals surface area contributed by atoms with Gasteiger partial charge < -0.3 is 9.73 Å². The maximum Gasteiger partial charge on any atom is 0.122 e. The molecule has 0 amide bonds. The van der Waals surface area contributed by atoms with Gasteiger partial charge in [0.05, 0.1) is 12.8 Å². The number of hydrogen-bond acceptors (Lipinski definition) is 3. The van der Waals surface area contributed by atoms with Crippen molar-refractivity contribution in [3.05, 3.63) is 23.7 Å². The topological polar surface area (TPSA) is 28.4 Å². The maximum absolute atomic E-state index is 5.60. The van der Waals surface area contributed by atoms with E-state index in [0.717, 1.165) is 24.9 Å². The molecule has 88 valence electrons. The standard InChI is InChI=1S/C13H20N2O/c1-2-7-15(6-1)10-13-11(5-8-16-13)9-14-12-3-4-12/h5,8,12,14H,1-4,6-7,9-10H2. The lowest BCUT2D eigenvalue weighted by Crippen LogP contribution is -2.20. The van der Waals surface area contributed by atoms with Gasteiger partial charge in [0.15, 0.2) is 0 Å². The van der Waals surface area contributed by atoms with E-state index in [2.05, 4.69) is 16.3 Å². The van der Waals surface area contributed by atoms with Crippen molar-refractivity contribution in [2.75, 3.05) is 13.1 Å². The Morgan fingerprint density at radius 1 is 1.31 bits per heavy atom. The van der Waals surface area contributed by atoms with Crippen molar-refractivity contribution in [3.8, 4) is 0 Å². The summed E-state index contributed by atoms with van der Waals surface area (Å²) in [5, 5.41) is 3.55. The molecule has 0 bridgehead atoms. The highest BCUT2D eigenvalue weighted by molar-refractivity contribution is 5.17. The molecule has 3 heteroatoms. The lowest BCUT2D eigenvalue weighted by Gasteiger charge is -2.13. The molecule has 0 unspecified atom stereocenters. The number of nitrogens with one attached hydrogen (secondary N) is 1. The minimum atomic E-state index is 0.773. The second-order valence-corrected chi connectivity index (χ2v) is 5.01. The van der Waals surface area contributed by atoms with E-state index >= 15 is 0 Å². The Morgan fingerprint density at radius 2 is 2.12 bits per heavy atom. The summed E-state index contributed by atoms with van der Waals surface area (Å²) >= 11 is 0. The molecule has 1 saturated carbocycles. The molecule has 2 aliphatic rings. The number of furan rings is 1. The largest absolute Gasteiger partial charge is 0.468 e. The number of rotatable bonds is 5. The average Bonchev–Trinajstić information content (AvgIpc) is 2.79. The summed E-state index contributed by atoms with van der Waals surface area (Å²) in [6.07, 6.45) is 7.21. The Morgan fingerprint density at radius 3 is 2.88 bits per heavy atom. The summed E-state index contributed by atoms with van der Waals surface area (Å²) < 4.78 is 5.60. The quantitative estimate of drug-likeness (QED) is 0.824. The maximum atomic E-state index is 5.60. The van der Waals surface area contributed by atoms with E-state index in [1.54, 1.807) is 0 Å². The first-order chi connectivity index (χ1) is 7.92. The van der Waals surface area contributed by atoms with Crippen LogP contribution in [0.1, 0.15) is 37.0 Å². The highest BCUT2D eigenvalue weighted by Gasteiger charge is 2.21. The first kappa shape index (κ1) is 10.4. The van der Waals surface area contributed by atoms with Crippen molar-refractivity contribution in [1.29, 1.82) is 0 Å². The van der Waals surface area contributed by atoms with Crippen molar-refractivity contribution in [1.82, 2.24) is 10.2 Å². The first-order valence-electron chi connectivity index (χ1n) is 6.43. The fourth-order valence-electron chi connectivity index (χ4n) is 2.35. The monoisotopic (exact) mass is 220 g/mol. The van der Waals surface area contributed by atoms with Crippen molar-refractivity contribution in [2.45, 2.75) is 44.8 Å². The second kappa shape index (κ2) is 4.60. The molecule has 3 rings (SSSR count). The second-order valence-electron chi connectivity index (χ2n) is 5.01. The van der Waals surface area contributed by atoms with Gasteiger partial charge in [0.2, 0.25) is 0 Å². The van der Waals surface area contributed by atoms with Gasteiger partial charge in [-0.25, -0.2) is 0 Å². The van der Waals surface area contributed by atoms with Gasteiger partial charge >= 0.3 is 0 Å². The molecule has 1 N–H and O–H groups in total. The smallest absolute Gasteiger partial charge is 0.122 e. The van der Waals surface area contributed by atoms with Crippen LogP contribution >= 0.6 is 0 Å². The number of hydrogen-bond donors (Lipinski definition) is 1. The van der Waals surface area contributed by atoms with E-state index in [-0.39, 0.29) is 0 Å². The Labute approximate surface area is 96.8 Å². The normalized spacial score (nSPS) is 21.8. The first-order valence-corrected chi connectivity index (χ1v) is 6.43. The van der Waals surface area contributed by atoms with Gasteiger partial charge in [-0.3, -0.25) is 4.90 Å². The van der Waals surface area contributed by atoms with E-state index in [0.29, 0.717) is 0 Å². The van der Waals surface area contributed by atoms with Crippen LogP contribution in [0, 0.1) is 0 Å². The Kier molecular flexibility index (Phi) is 2.98. The van der Waals surface area contributed by atoms with Gasteiger partial charge in [0, 0.05) is 18.2 Å². The zero-order chi connectivity index (χ0) is 10.8. The van der Waals surface area contributed by atoms with Crippen LogP contribution < -0.4 is 5.32 Å². The predicted molar refractivity (Wildman–Crippen MR) is 63.1 cm³/mol. The van der Waals surface area contributed by atoms with Gasteiger partial charge in [-0.2, -0.15) is 0 Å². The summed E-state index contributed by atoms with van der Waals surface area (Å²) in [6, 6.07) is 2.88. The molecule has 0 atom stereocenters. The lowest BCUT2D eigenvalue weighted by atomic mass is 10.2. The Balaban J connectivity index is 1.57. The highest BCUT2D eigenvalue weighted by Crippen LogP contribution is 2.21. The third-order valence-corrected chi connectivity index (χ3v) is 3.56. The average molecular weight is 220 g/mol. The molecule has 3 nitrogen and oxygen atoms in total. The van der Waals surface area contributed by atoms with E-state index in [1.165, 1.54) is 44.3 Å². The third kappa shape index (κ3) is 2.47. The minimum Gasteiger partial charge on any atom is -0.468 e. The van der Waals surface area contributed by atoms with Gasteiger partial charge in [-0.05, 0) is 44.8 Å². The number of nitrogens with zero attached hydrogens (tertiary/aromatic N) is 1. The zero-order valence-electron chi connectivity index (χ0n) is 9.74. The Bertz CT molecular complexity index is 337. The van der Waals surface area contributed by atoms with Crippen LogP contribution in [0.3, 0.4) is 0 Å². The zero-order valence-corrected chi connectivity index (χ0v) is 9.74. The molecule has 0 spiro atoms. The molecular formula is C13H20N2O. The van der Waals surface area contributed by atoms with Crippen LogP contribution in [-0.4, -0.2) is 24.0 Å². The molecule has 1 aromatic heterocycles. The van der Waals surface area contributed by atoms with Crippen molar-refractivity contribution in [3.63, 3.8) is 0 Å². The summed E-state index contributed by atoms with van der Waals surface area (Å²) in [5.41, 5.74) is 1.35. The van der Waals surface area contributed by atoms with E-state index < -0.39 is 0 Å². The minimum absolute atomic E-state index is 0.773. The molecule has 1 aromatic rings. The molecular weight excluding hydrogens is 200 g/mol. The van der Waals surface area contributed by atoms with Crippen LogP contribution in [-0.2, 0) is 13.1 Å². The Hall–Kier alpha value is -0.800. The van der Waals surface area contributed by atoms with Crippen molar-refractivity contribution in [2.24, 2.45) is 0 Å². The van der Waals surface area contributed by atoms with Crippen molar-refractivity contribution >= 4 is 0 Å². The van der Waals surface area contributed by atoms with Crippen molar-refractivity contribution < 1.29 is 4.42 Å². The van der Waals surface area contributed by atoms with E-state index in [4.69, 9.17) is 4.42 Å². The summed E-state index contributed by atoms with van der Waals surface area (Å²) in [4.78, 5) is 2.49. The molecule has 1 saturated heterocycles. The van der Waals surface area contributed by atoms with Crippen LogP contribution in [0.5, 0.6) is 0 Å². The fourth-order valence-corrected chi connectivity index (χ4v) is 2.35. The third-order valence-electron chi connectivity index (χ3n) is 3.56. The van der Waals surface area contributed by atoms with Gasteiger partial charge in [-0.15, -0.1) is 0 Å². The summed E-state index contributed by atoms with van der Waals surface area (Å²) in [6.45, 7) is 4.44. The van der Waals surface area contributed by atoms with E-state index in [1.807, 2.05) is 6.26 Å². The van der Waals surface area contributed by atoms with Gasteiger partial charge in [0.1, 0.15) is 5.76 Å². The van der Waals surface area contributed by atoms with Crippen LogP contribution in [0.15, 0.2) is 16.7 Å². The summed E-state index contributed by atoms with van der Waals surface area (Å²) in [7, 11) is 0. The molecule has 2 fully saturated rings. The van der Waals surface area contributed by atoms with Crippen LogP contribution in [0.4, 0.5) is 0 Å². The molecule has 2 heterocycles. The highest BCUT2D eigenvalue weighted by atomic mass is 16.3. The predicted octanol–water partition coefficient (Wildman–Crippen LogP) is 2.13. The summed E-state index contributed by atoms with van der Waals surface area (Å²) in [5.74, 6) is 1.16. The molecule has 1 aliphatic heterocycles. The van der Waals surface area contributed by atoms with E-state index in [9.17, 15) is 0 Å². The van der Waals surface area contributed by atoms with Crippen LogP contribution in [0.25, 0.3) is 0 Å². The SMILES string of the molecule is c1cc(CNC2CC2)c(CN2CCCC2)o1.